The summed E-state index contributed by atoms with van der Waals surface area (Å²) in [5, 5.41) is 2.77. The normalized spacial score (nSPS) is 10.2. The van der Waals surface area contributed by atoms with E-state index in [1.165, 1.54) is 0 Å². The fourth-order valence-corrected chi connectivity index (χ4v) is 2.30. The third-order valence-electron chi connectivity index (χ3n) is 3.19. The summed E-state index contributed by atoms with van der Waals surface area (Å²) in [5.74, 6) is 0.537. The summed E-state index contributed by atoms with van der Waals surface area (Å²) in [5.41, 5.74) is 1.30. The van der Waals surface area contributed by atoms with Gasteiger partial charge in [-0.05, 0) is 43.3 Å². The second-order valence-corrected chi connectivity index (χ2v) is 5.85. The molecule has 2 aromatic carbocycles. The van der Waals surface area contributed by atoms with Crippen molar-refractivity contribution in [2.45, 2.75) is 19.8 Å². The number of amides is 1. The molecule has 0 heterocycles. The van der Waals surface area contributed by atoms with Crippen LogP contribution >= 0.6 is 15.9 Å². The van der Waals surface area contributed by atoms with Gasteiger partial charge in [-0.1, -0.05) is 28.1 Å². The Hall–Kier alpha value is -2.14. The molecule has 0 unspecified atom stereocenters. The molecule has 0 atom stereocenters. The fraction of sp³-hybridized carbons (Fsp3) is 0.222. The molecular weight excluding hydrogens is 358 g/mol. The Morgan fingerprint density at radius 2 is 1.65 bits per heavy atom. The van der Waals surface area contributed by atoms with Gasteiger partial charge >= 0.3 is 0 Å². The van der Waals surface area contributed by atoms with Crippen molar-refractivity contribution in [2.24, 2.45) is 0 Å². The Balaban J connectivity index is 1.82. The van der Waals surface area contributed by atoms with E-state index in [4.69, 9.17) is 4.74 Å². The molecule has 1 N–H and O–H groups in total. The maximum Gasteiger partial charge on any atom is 0.224 e. The summed E-state index contributed by atoms with van der Waals surface area (Å²) in [7, 11) is 0. The maximum absolute atomic E-state index is 12.0. The van der Waals surface area contributed by atoms with Crippen molar-refractivity contribution >= 4 is 33.3 Å². The van der Waals surface area contributed by atoms with Crippen molar-refractivity contribution < 1.29 is 14.3 Å². The van der Waals surface area contributed by atoms with Crippen molar-refractivity contribution in [2.75, 3.05) is 11.9 Å². The molecule has 4 nitrogen and oxygen atoms in total. The number of anilines is 1. The molecule has 0 aromatic heterocycles. The van der Waals surface area contributed by atoms with E-state index >= 15 is 0 Å². The number of nitrogens with one attached hydrogen (secondary N) is 1. The van der Waals surface area contributed by atoms with Crippen LogP contribution in [0.15, 0.2) is 53.0 Å². The Bertz CT molecular complexity index is 666. The number of benzene rings is 2. The highest BCUT2D eigenvalue weighted by Gasteiger charge is 2.09. The zero-order chi connectivity index (χ0) is 16.7. The van der Waals surface area contributed by atoms with E-state index in [0.29, 0.717) is 17.9 Å². The standard InChI is InChI=1S/C18H18BrNO3/c1-2-23-16-9-7-15(8-10-16)20-18(22)12-11-17(21)13-3-5-14(19)6-4-13/h3-10H,2,11-12H2,1H3,(H,20,22). The summed E-state index contributed by atoms with van der Waals surface area (Å²) < 4.78 is 6.26. The second-order valence-electron chi connectivity index (χ2n) is 4.94. The van der Waals surface area contributed by atoms with Crippen molar-refractivity contribution in [3.63, 3.8) is 0 Å². The van der Waals surface area contributed by atoms with E-state index in [2.05, 4.69) is 21.2 Å². The molecule has 23 heavy (non-hydrogen) atoms. The smallest absolute Gasteiger partial charge is 0.224 e. The van der Waals surface area contributed by atoms with Crippen LogP contribution in [0.5, 0.6) is 5.75 Å². The van der Waals surface area contributed by atoms with Gasteiger partial charge < -0.3 is 10.1 Å². The second kappa shape index (κ2) is 8.48. The Kier molecular flexibility index (Phi) is 6.35. The van der Waals surface area contributed by atoms with Crippen LogP contribution in [-0.4, -0.2) is 18.3 Å². The number of halogens is 1. The maximum atomic E-state index is 12.0. The van der Waals surface area contributed by atoms with Gasteiger partial charge in [-0.2, -0.15) is 0 Å². The zero-order valence-corrected chi connectivity index (χ0v) is 14.4. The molecule has 0 saturated carbocycles. The molecule has 2 aromatic rings. The predicted molar refractivity (Wildman–Crippen MR) is 93.9 cm³/mol. The number of carbonyl (C=O) groups is 2. The van der Waals surface area contributed by atoms with Gasteiger partial charge in [-0.3, -0.25) is 9.59 Å². The average molecular weight is 376 g/mol. The number of hydrogen-bond acceptors (Lipinski definition) is 3. The highest BCUT2D eigenvalue weighted by molar-refractivity contribution is 9.10. The molecule has 0 aliphatic heterocycles. The van der Waals surface area contributed by atoms with Gasteiger partial charge in [0.1, 0.15) is 5.75 Å². The number of Topliss-reactive ketones (excluding diaryl/α,β-unsaturated/α-hetero) is 1. The van der Waals surface area contributed by atoms with E-state index in [9.17, 15) is 9.59 Å². The lowest BCUT2D eigenvalue weighted by Crippen LogP contribution is -2.13. The van der Waals surface area contributed by atoms with Crippen LogP contribution in [0.4, 0.5) is 5.69 Å². The quantitative estimate of drug-likeness (QED) is 0.727. The third kappa shape index (κ3) is 5.53. The van der Waals surface area contributed by atoms with Crippen LogP contribution in [0, 0.1) is 0 Å². The molecule has 0 spiro atoms. The van der Waals surface area contributed by atoms with Gasteiger partial charge in [-0.25, -0.2) is 0 Å². The molecule has 0 fully saturated rings. The van der Waals surface area contributed by atoms with E-state index in [0.717, 1.165) is 10.2 Å². The van der Waals surface area contributed by atoms with Gasteiger partial charge in [0.25, 0.3) is 0 Å². The number of hydrogen-bond donors (Lipinski definition) is 1. The summed E-state index contributed by atoms with van der Waals surface area (Å²) in [6, 6.07) is 14.3. The van der Waals surface area contributed by atoms with Crippen LogP contribution in [0.2, 0.25) is 0 Å². The lowest BCUT2D eigenvalue weighted by Gasteiger charge is -2.07. The first-order valence-electron chi connectivity index (χ1n) is 7.40. The lowest BCUT2D eigenvalue weighted by atomic mass is 10.1. The van der Waals surface area contributed by atoms with Crippen molar-refractivity contribution in [1.29, 1.82) is 0 Å². The topological polar surface area (TPSA) is 55.4 Å². The summed E-state index contributed by atoms with van der Waals surface area (Å²) in [6.45, 7) is 2.52. The van der Waals surface area contributed by atoms with Crippen LogP contribution in [0.3, 0.4) is 0 Å². The van der Waals surface area contributed by atoms with Crippen LogP contribution < -0.4 is 10.1 Å². The molecule has 0 aliphatic rings. The molecule has 0 bridgehead atoms. The zero-order valence-electron chi connectivity index (χ0n) is 12.8. The first kappa shape index (κ1) is 17.2. The van der Waals surface area contributed by atoms with Gasteiger partial charge in [0.15, 0.2) is 5.78 Å². The first-order valence-corrected chi connectivity index (χ1v) is 8.19. The molecule has 0 saturated heterocycles. The lowest BCUT2D eigenvalue weighted by molar-refractivity contribution is -0.116. The molecular formula is C18H18BrNO3. The van der Waals surface area contributed by atoms with Gasteiger partial charge in [-0.15, -0.1) is 0 Å². The number of carbonyl (C=O) groups excluding carboxylic acids is 2. The van der Waals surface area contributed by atoms with E-state index in [1.54, 1.807) is 36.4 Å². The highest BCUT2D eigenvalue weighted by atomic mass is 79.9. The first-order chi connectivity index (χ1) is 11.1. The summed E-state index contributed by atoms with van der Waals surface area (Å²) >= 11 is 3.32. The van der Waals surface area contributed by atoms with Crippen LogP contribution in [-0.2, 0) is 4.79 Å². The average Bonchev–Trinajstić information content (AvgIpc) is 2.55. The summed E-state index contributed by atoms with van der Waals surface area (Å²) in [4.78, 5) is 23.9. The molecule has 0 radical (unpaired) electrons. The van der Waals surface area contributed by atoms with E-state index in [-0.39, 0.29) is 24.5 Å². The molecule has 2 rings (SSSR count). The largest absolute Gasteiger partial charge is 0.494 e. The molecule has 0 aliphatic carbocycles. The van der Waals surface area contributed by atoms with Crippen LogP contribution in [0.1, 0.15) is 30.1 Å². The Morgan fingerprint density at radius 3 is 2.26 bits per heavy atom. The minimum atomic E-state index is -0.181. The monoisotopic (exact) mass is 375 g/mol. The number of ketones is 1. The Labute approximate surface area is 144 Å². The molecule has 1 amide bonds. The van der Waals surface area contributed by atoms with E-state index < -0.39 is 0 Å². The highest BCUT2D eigenvalue weighted by Crippen LogP contribution is 2.16. The van der Waals surface area contributed by atoms with Crippen molar-refractivity contribution in [3.8, 4) is 5.75 Å². The molecule has 5 heteroatoms. The minimum absolute atomic E-state index is 0.0423. The van der Waals surface area contributed by atoms with Crippen molar-refractivity contribution in [1.82, 2.24) is 0 Å². The predicted octanol–water partition coefficient (Wildman–Crippen LogP) is 4.45. The van der Waals surface area contributed by atoms with Gasteiger partial charge in [0.05, 0.1) is 6.61 Å². The fourth-order valence-electron chi connectivity index (χ4n) is 2.03. The molecule has 120 valence electrons. The Morgan fingerprint density at radius 1 is 1.00 bits per heavy atom. The minimum Gasteiger partial charge on any atom is -0.494 e. The number of rotatable bonds is 7. The van der Waals surface area contributed by atoms with Gasteiger partial charge in [0.2, 0.25) is 5.91 Å². The van der Waals surface area contributed by atoms with E-state index in [1.807, 2.05) is 19.1 Å². The van der Waals surface area contributed by atoms with Gasteiger partial charge in [0, 0.05) is 28.6 Å². The van der Waals surface area contributed by atoms with Crippen molar-refractivity contribution in [3.05, 3.63) is 58.6 Å². The number of ether oxygens (including phenoxy) is 1. The summed E-state index contributed by atoms with van der Waals surface area (Å²) in [6.07, 6.45) is 0.340. The SMILES string of the molecule is CCOc1ccc(NC(=O)CCC(=O)c2ccc(Br)cc2)cc1. The third-order valence-corrected chi connectivity index (χ3v) is 3.72. The van der Waals surface area contributed by atoms with Crippen LogP contribution in [0.25, 0.3) is 0 Å².